The van der Waals surface area contributed by atoms with Gasteiger partial charge in [0, 0.05) is 11.1 Å². The minimum Gasteiger partial charge on any atom is -0.497 e. The van der Waals surface area contributed by atoms with E-state index in [1.807, 2.05) is 12.1 Å². The fourth-order valence-corrected chi connectivity index (χ4v) is 3.26. The second-order valence-corrected chi connectivity index (χ2v) is 7.71. The van der Waals surface area contributed by atoms with Gasteiger partial charge in [-0.2, -0.15) is 5.06 Å². The third-order valence-electron chi connectivity index (χ3n) is 4.19. The summed E-state index contributed by atoms with van der Waals surface area (Å²) in [4.78, 5) is 11.1. The lowest BCUT2D eigenvalue weighted by atomic mass is 10.0. The highest BCUT2D eigenvalue weighted by molar-refractivity contribution is 7.89. The Morgan fingerprint density at radius 2 is 1.69 bits per heavy atom. The number of urea groups is 1. The van der Waals surface area contributed by atoms with E-state index in [0.717, 1.165) is 5.56 Å². The van der Waals surface area contributed by atoms with Crippen molar-refractivity contribution < 1.29 is 27.6 Å². The largest absolute Gasteiger partial charge is 0.497 e. The predicted molar refractivity (Wildman–Crippen MR) is 104 cm³/mol. The third kappa shape index (κ3) is 4.57. The zero-order chi connectivity index (χ0) is 21.2. The molecule has 2 aromatic carbocycles. The molecule has 29 heavy (non-hydrogen) atoms. The molecule has 152 valence electrons. The summed E-state index contributed by atoms with van der Waals surface area (Å²) >= 11 is 0. The number of hydrogen-bond acceptors (Lipinski definition) is 6. The van der Waals surface area contributed by atoms with Crippen molar-refractivity contribution in [1.29, 1.82) is 0 Å². The Morgan fingerprint density at radius 1 is 1.10 bits per heavy atom. The summed E-state index contributed by atoms with van der Waals surface area (Å²) < 4.78 is 34.0. The van der Waals surface area contributed by atoms with E-state index in [0.29, 0.717) is 27.7 Å². The summed E-state index contributed by atoms with van der Waals surface area (Å²) in [7, 11) is -2.27. The number of ether oxygens (including phenoxy) is 1. The maximum atomic E-state index is 11.5. The number of amides is 2. The van der Waals surface area contributed by atoms with Crippen molar-refractivity contribution in [3.63, 3.8) is 0 Å². The summed E-state index contributed by atoms with van der Waals surface area (Å²) in [6.45, 7) is -0.256. The number of sulfonamides is 1. The second-order valence-electron chi connectivity index (χ2n) is 6.15. The summed E-state index contributed by atoms with van der Waals surface area (Å²) in [5.74, 6) is 1.37. The van der Waals surface area contributed by atoms with Crippen molar-refractivity contribution in [1.82, 2.24) is 5.06 Å². The van der Waals surface area contributed by atoms with E-state index in [-0.39, 0.29) is 17.2 Å². The maximum absolute atomic E-state index is 11.5. The molecule has 0 unspecified atom stereocenters. The Balaban J connectivity index is 2.07. The van der Waals surface area contributed by atoms with Gasteiger partial charge in [0.2, 0.25) is 10.0 Å². The van der Waals surface area contributed by atoms with E-state index >= 15 is 0 Å². The maximum Gasteiger partial charge on any atom is 0.338 e. The molecule has 0 bridgehead atoms. The fraction of sp³-hybridized carbons (Fsp3) is 0.105. The van der Waals surface area contributed by atoms with Crippen LogP contribution in [0.3, 0.4) is 0 Å². The van der Waals surface area contributed by atoms with E-state index in [4.69, 9.17) is 20.0 Å². The number of benzene rings is 2. The molecule has 0 saturated heterocycles. The number of primary amides is 1. The van der Waals surface area contributed by atoms with Crippen molar-refractivity contribution in [2.75, 3.05) is 7.11 Å². The molecule has 9 nitrogen and oxygen atoms in total. The molecule has 0 atom stereocenters. The first-order chi connectivity index (χ1) is 13.7. The van der Waals surface area contributed by atoms with Gasteiger partial charge in [-0.15, -0.1) is 0 Å². The number of rotatable bonds is 6. The molecule has 1 aromatic heterocycles. The van der Waals surface area contributed by atoms with Crippen LogP contribution in [0.2, 0.25) is 0 Å². The summed E-state index contributed by atoms with van der Waals surface area (Å²) in [6.07, 6.45) is 0. The zero-order valence-corrected chi connectivity index (χ0v) is 16.2. The van der Waals surface area contributed by atoms with Gasteiger partial charge in [-0.1, -0.05) is 12.1 Å². The number of hydrogen-bond donors (Lipinski definition) is 3. The van der Waals surface area contributed by atoms with Crippen molar-refractivity contribution in [3.8, 4) is 28.2 Å². The van der Waals surface area contributed by atoms with Gasteiger partial charge in [0.25, 0.3) is 0 Å². The average Bonchev–Trinajstić information content (AvgIpc) is 3.11. The molecule has 0 spiro atoms. The smallest absolute Gasteiger partial charge is 0.338 e. The predicted octanol–water partition coefficient (Wildman–Crippen LogP) is 2.54. The van der Waals surface area contributed by atoms with E-state index in [9.17, 15) is 18.4 Å². The number of nitrogens with zero attached hydrogens (tertiary/aromatic N) is 1. The molecule has 5 N–H and O–H groups in total. The number of methoxy groups -OCH3 is 1. The third-order valence-corrected chi connectivity index (χ3v) is 5.12. The Labute approximate surface area is 167 Å². The van der Waals surface area contributed by atoms with Crippen LogP contribution < -0.4 is 15.6 Å². The molecule has 0 saturated carbocycles. The number of carbonyl (C=O) groups is 1. The Bertz CT molecular complexity index is 1120. The first-order valence-electron chi connectivity index (χ1n) is 8.35. The van der Waals surface area contributed by atoms with Crippen LogP contribution in [-0.4, -0.2) is 31.8 Å². The van der Waals surface area contributed by atoms with E-state index < -0.39 is 16.1 Å². The minimum atomic E-state index is -3.83. The van der Waals surface area contributed by atoms with Crippen LogP contribution in [0, 0.1) is 0 Å². The van der Waals surface area contributed by atoms with Gasteiger partial charge in [-0.3, -0.25) is 5.21 Å². The molecule has 3 rings (SSSR count). The minimum absolute atomic E-state index is 0.0331. The standard InChI is InChI=1S/C19H19N3O6S/c1-27-14-6-2-12(3-7-14)17-10-15(11-22(24)19(20)23)28-18(17)13-4-8-16(9-5-13)29(21,25)26/h2-10,24H,11H2,1H3,(H2,20,23)(H2,21,25,26). The van der Waals surface area contributed by atoms with Crippen LogP contribution in [0.4, 0.5) is 4.79 Å². The van der Waals surface area contributed by atoms with Crippen LogP contribution in [0.5, 0.6) is 5.75 Å². The quantitative estimate of drug-likeness (QED) is 0.414. The van der Waals surface area contributed by atoms with Crippen LogP contribution in [0.25, 0.3) is 22.5 Å². The monoisotopic (exact) mass is 417 g/mol. The molecular weight excluding hydrogens is 398 g/mol. The molecule has 2 amide bonds. The number of hydroxylamine groups is 2. The average molecular weight is 417 g/mol. The first kappa shape index (κ1) is 20.4. The molecular formula is C19H19N3O6S. The highest BCUT2D eigenvalue weighted by Crippen LogP contribution is 2.36. The van der Waals surface area contributed by atoms with Gasteiger partial charge in [0.05, 0.1) is 12.0 Å². The highest BCUT2D eigenvalue weighted by atomic mass is 32.2. The van der Waals surface area contributed by atoms with Gasteiger partial charge in [0.1, 0.15) is 23.8 Å². The van der Waals surface area contributed by atoms with Crippen LogP contribution in [0.1, 0.15) is 5.76 Å². The fourth-order valence-electron chi connectivity index (χ4n) is 2.74. The lowest BCUT2D eigenvalue weighted by molar-refractivity contribution is -0.0511. The Hall–Kier alpha value is -3.34. The molecule has 0 radical (unpaired) electrons. The number of primary sulfonamides is 1. The molecule has 0 fully saturated rings. The second kappa shape index (κ2) is 7.95. The summed E-state index contributed by atoms with van der Waals surface area (Å²) in [6, 6.07) is 13.7. The summed E-state index contributed by atoms with van der Waals surface area (Å²) in [5, 5.41) is 15.1. The SMILES string of the molecule is COc1ccc(-c2cc(CN(O)C(N)=O)oc2-c2ccc(S(N)(=O)=O)cc2)cc1. The van der Waals surface area contributed by atoms with Crippen LogP contribution >= 0.6 is 0 Å². The molecule has 0 aliphatic heterocycles. The van der Waals surface area contributed by atoms with Gasteiger partial charge < -0.3 is 14.9 Å². The number of nitrogens with two attached hydrogens (primary N) is 2. The van der Waals surface area contributed by atoms with E-state index in [1.54, 1.807) is 37.4 Å². The van der Waals surface area contributed by atoms with Crippen LogP contribution in [0.15, 0.2) is 63.9 Å². The van der Waals surface area contributed by atoms with Crippen molar-refractivity contribution in [2.24, 2.45) is 10.9 Å². The molecule has 1 heterocycles. The Morgan fingerprint density at radius 3 is 2.21 bits per heavy atom. The molecule has 3 aromatic rings. The van der Waals surface area contributed by atoms with E-state index in [1.165, 1.54) is 12.1 Å². The summed E-state index contributed by atoms with van der Waals surface area (Å²) in [5.41, 5.74) is 7.09. The van der Waals surface area contributed by atoms with Gasteiger partial charge in [-0.05, 0) is 48.0 Å². The number of carbonyl (C=O) groups excluding carboxylic acids is 1. The topological polar surface area (TPSA) is 149 Å². The van der Waals surface area contributed by atoms with E-state index in [2.05, 4.69) is 0 Å². The zero-order valence-electron chi connectivity index (χ0n) is 15.4. The van der Waals surface area contributed by atoms with Gasteiger partial charge >= 0.3 is 6.03 Å². The van der Waals surface area contributed by atoms with Gasteiger partial charge in [0.15, 0.2) is 0 Å². The van der Waals surface area contributed by atoms with Crippen LogP contribution in [-0.2, 0) is 16.6 Å². The lowest BCUT2D eigenvalue weighted by Gasteiger charge is -2.09. The number of furan rings is 1. The van der Waals surface area contributed by atoms with Crippen molar-refractivity contribution in [3.05, 3.63) is 60.4 Å². The first-order valence-corrected chi connectivity index (χ1v) is 9.90. The van der Waals surface area contributed by atoms with Crippen molar-refractivity contribution in [2.45, 2.75) is 11.4 Å². The lowest BCUT2D eigenvalue weighted by Crippen LogP contribution is -2.31. The molecule has 0 aliphatic rings. The van der Waals surface area contributed by atoms with Gasteiger partial charge in [-0.25, -0.2) is 18.4 Å². The highest BCUT2D eigenvalue weighted by Gasteiger charge is 2.18. The Kier molecular flexibility index (Phi) is 5.59. The molecule has 0 aliphatic carbocycles. The van der Waals surface area contributed by atoms with Crippen molar-refractivity contribution >= 4 is 16.1 Å². The normalized spacial score (nSPS) is 11.3. The molecule has 10 heteroatoms.